The molecule has 0 fully saturated rings. The van der Waals surface area contributed by atoms with Gasteiger partial charge in [0.05, 0.1) is 23.7 Å². The van der Waals surface area contributed by atoms with E-state index in [2.05, 4.69) is 25.9 Å². The standard InChI is InChI=1S/C14H10BrCl2N3O/c1-21-11-3-8(15)2-10(5-11)20-13(6-16)19-12-4-9(17)7-18-14(12)20/h2-5,7H,6H2,1H3. The van der Waals surface area contributed by atoms with Crippen molar-refractivity contribution >= 4 is 50.3 Å². The lowest BCUT2D eigenvalue weighted by molar-refractivity contribution is 0.414. The van der Waals surface area contributed by atoms with Crippen molar-refractivity contribution in [1.29, 1.82) is 0 Å². The first-order valence-corrected chi connectivity index (χ1v) is 7.76. The van der Waals surface area contributed by atoms with Gasteiger partial charge in [0.25, 0.3) is 0 Å². The van der Waals surface area contributed by atoms with Crippen molar-refractivity contribution in [2.45, 2.75) is 5.88 Å². The third-order valence-corrected chi connectivity index (χ3v) is 3.91. The summed E-state index contributed by atoms with van der Waals surface area (Å²) >= 11 is 15.5. The Bertz CT molecular complexity index is 819. The van der Waals surface area contributed by atoms with E-state index in [4.69, 9.17) is 27.9 Å². The minimum absolute atomic E-state index is 0.267. The molecule has 0 radical (unpaired) electrons. The Morgan fingerprint density at radius 1 is 1.29 bits per heavy atom. The highest BCUT2D eigenvalue weighted by molar-refractivity contribution is 9.10. The SMILES string of the molecule is COc1cc(Br)cc(-n2c(CCl)nc3cc(Cl)cnc32)c1. The van der Waals surface area contributed by atoms with Gasteiger partial charge in [-0.2, -0.15) is 0 Å². The minimum atomic E-state index is 0.267. The number of methoxy groups -OCH3 is 1. The molecule has 0 aliphatic heterocycles. The predicted molar refractivity (Wildman–Crippen MR) is 87.7 cm³/mol. The van der Waals surface area contributed by atoms with E-state index >= 15 is 0 Å². The molecule has 0 unspecified atom stereocenters. The van der Waals surface area contributed by atoms with E-state index in [9.17, 15) is 0 Å². The van der Waals surface area contributed by atoms with E-state index in [1.54, 1.807) is 19.4 Å². The summed E-state index contributed by atoms with van der Waals surface area (Å²) < 4.78 is 8.09. The smallest absolute Gasteiger partial charge is 0.164 e. The van der Waals surface area contributed by atoms with Crippen LogP contribution in [0.25, 0.3) is 16.9 Å². The van der Waals surface area contributed by atoms with Gasteiger partial charge in [-0.1, -0.05) is 27.5 Å². The van der Waals surface area contributed by atoms with Crippen LogP contribution >= 0.6 is 39.1 Å². The van der Waals surface area contributed by atoms with Crippen LogP contribution in [-0.4, -0.2) is 21.6 Å². The molecular formula is C14H10BrCl2N3O. The van der Waals surface area contributed by atoms with Crippen molar-refractivity contribution in [3.05, 3.63) is 45.8 Å². The van der Waals surface area contributed by atoms with Gasteiger partial charge in [-0.05, 0) is 18.2 Å². The lowest BCUT2D eigenvalue weighted by Gasteiger charge is -2.10. The number of imidazole rings is 1. The van der Waals surface area contributed by atoms with Crippen molar-refractivity contribution in [3.63, 3.8) is 0 Å². The number of halogens is 3. The van der Waals surface area contributed by atoms with E-state index in [1.807, 2.05) is 22.8 Å². The molecule has 3 rings (SSSR count). The van der Waals surface area contributed by atoms with Gasteiger partial charge in [0, 0.05) is 16.7 Å². The van der Waals surface area contributed by atoms with Gasteiger partial charge in [-0.3, -0.25) is 4.57 Å². The topological polar surface area (TPSA) is 39.9 Å². The summed E-state index contributed by atoms with van der Waals surface area (Å²) in [7, 11) is 1.62. The molecule has 0 aliphatic carbocycles. The number of benzene rings is 1. The highest BCUT2D eigenvalue weighted by Gasteiger charge is 2.14. The molecule has 0 saturated heterocycles. The second-order valence-corrected chi connectivity index (χ2v) is 5.96. The van der Waals surface area contributed by atoms with E-state index in [-0.39, 0.29) is 5.88 Å². The summed E-state index contributed by atoms with van der Waals surface area (Å²) in [6.07, 6.45) is 1.59. The van der Waals surface area contributed by atoms with Crippen LogP contribution in [-0.2, 0) is 5.88 Å². The molecule has 1 aromatic carbocycles. The molecule has 4 nitrogen and oxygen atoms in total. The summed E-state index contributed by atoms with van der Waals surface area (Å²) in [6, 6.07) is 7.51. The average Bonchev–Trinajstić information content (AvgIpc) is 2.83. The Labute approximate surface area is 139 Å². The minimum Gasteiger partial charge on any atom is -0.497 e. The van der Waals surface area contributed by atoms with E-state index < -0.39 is 0 Å². The summed E-state index contributed by atoms with van der Waals surface area (Å²) in [5, 5.41) is 0.542. The molecular weight excluding hydrogens is 377 g/mol. The van der Waals surface area contributed by atoms with Crippen LogP contribution < -0.4 is 4.74 Å². The molecule has 0 N–H and O–H groups in total. The fourth-order valence-corrected chi connectivity index (χ4v) is 2.93. The van der Waals surface area contributed by atoms with E-state index in [0.29, 0.717) is 22.0 Å². The van der Waals surface area contributed by atoms with E-state index in [1.165, 1.54) is 0 Å². The zero-order chi connectivity index (χ0) is 15.0. The maximum Gasteiger partial charge on any atom is 0.164 e. The Morgan fingerprint density at radius 3 is 2.81 bits per heavy atom. The summed E-state index contributed by atoms with van der Waals surface area (Å²) in [5.74, 6) is 1.69. The Kier molecular flexibility index (Phi) is 4.06. The predicted octanol–water partition coefficient (Wildman–Crippen LogP) is 4.58. The Hall–Kier alpha value is -1.30. The monoisotopic (exact) mass is 385 g/mol. The third kappa shape index (κ3) is 2.73. The summed E-state index contributed by atoms with van der Waals surface area (Å²) in [6.45, 7) is 0. The lowest BCUT2D eigenvalue weighted by Crippen LogP contribution is -2.01. The molecule has 0 saturated carbocycles. The number of nitrogens with zero attached hydrogens (tertiary/aromatic N) is 3. The number of hydrogen-bond acceptors (Lipinski definition) is 3. The zero-order valence-corrected chi connectivity index (χ0v) is 14.1. The molecule has 2 heterocycles. The maximum absolute atomic E-state index is 6.02. The largest absolute Gasteiger partial charge is 0.497 e. The van der Waals surface area contributed by atoms with Crippen LogP contribution in [0.3, 0.4) is 0 Å². The highest BCUT2D eigenvalue weighted by atomic mass is 79.9. The molecule has 0 bridgehead atoms. The second kappa shape index (κ2) is 5.83. The van der Waals surface area contributed by atoms with Crippen LogP contribution in [0.15, 0.2) is 34.9 Å². The number of hydrogen-bond donors (Lipinski definition) is 0. The normalized spacial score (nSPS) is 11.0. The van der Waals surface area contributed by atoms with Gasteiger partial charge in [-0.25, -0.2) is 9.97 Å². The van der Waals surface area contributed by atoms with Crippen molar-refractivity contribution < 1.29 is 4.74 Å². The molecule has 21 heavy (non-hydrogen) atoms. The number of pyridine rings is 1. The van der Waals surface area contributed by atoms with Crippen LogP contribution in [0.2, 0.25) is 5.02 Å². The van der Waals surface area contributed by atoms with E-state index in [0.717, 1.165) is 15.9 Å². The van der Waals surface area contributed by atoms with Crippen molar-refractivity contribution in [2.75, 3.05) is 7.11 Å². The number of fused-ring (bicyclic) bond motifs is 1. The van der Waals surface area contributed by atoms with Crippen LogP contribution in [0, 0.1) is 0 Å². The number of rotatable bonds is 3. The van der Waals surface area contributed by atoms with Crippen molar-refractivity contribution in [3.8, 4) is 11.4 Å². The van der Waals surface area contributed by atoms with Crippen molar-refractivity contribution in [2.24, 2.45) is 0 Å². The lowest BCUT2D eigenvalue weighted by atomic mass is 10.3. The fourth-order valence-electron chi connectivity index (χ4n) is 2.14. The van der Waals surface area contributed by atoms with Crippen LogP contribution in [0.5, 0.6) is 5.75 Å². The zero-order valence-electron chi connectivity index (χ0n) is 11.0. The van der Waals surface area contributed by atoms with Gasteiger partial charge in [0.1, 0.15) is 17.1 Å². The number of alkyl halides is 1. The first-order valence-electron chi connectivity index (χ1n) is 6.06. The van der Waals surface area contributed by atoms with Crippen LogP contribution in [0.4, 0.5) is 0 Å². The molecule has 108 valence electrons. The van der Waals surface area contributed by atoms with Crippen molar-refractivity contribution in [1.82, 2.24) is 14.5 Å². The van der Waals surface area contributed by atoms with Gasteiger partial charge in [-0.15, -0.1) is 11.6 Å². The molecule has 0 spiro atoms. The Balaban J connectivity index is 2.30. The molecule has 3 aromatic rings. The summed E-state index contributed by atoms with van der Waals surface area (Å²) in [4.78, 5) is 8.85. The number of aromatic nitrogens is 3. The van der Waals surface area contributed by atoms with Gasteiger partial charge >= 0.3 is 0 Å². The summed E-state index contributed by atoms with van der Waals surface area (Å²) in [5.41, 5.74) is 2.28. The Morgan fingerprint density at radius 2 is 2.10 bits per heavy atom. The average molecular weight is 387 g/mol. The molecule has 2 aromatic heterocycles. The van der Waals surface area contributed by atoms with Gasteiger partial charge in [0.2, 0.25) is 0 Å². The molecule has 0 aliphatic rings. The quantitative estimate of drug-likeness (QED) is 0.618. The first-order chi connectivity index (χ1) is 10.1. The third-order valence-electron chi connectivity index (χ3n) is 3.00. The van der Waals surface area contributed by atoms with Gasteiger partial charge < -0.3 is 4.74 Å². The van der Waals surface area contributed by atoms with Crippen LogP contribution in [0.1, 0.15) is 5.82 Å². The first kappa shape index (κ1) is 14.6. The molecule has 0 amide bonds. The second-order valence-electron chi connectivity index (χ2n) is 4.34. The highest BCUT2D eigenvalue weighted by Crippen LogP contribution is 2.28. The molecule has 0 atom stereocenters. The van der Waals surface area contributed by atoms with Gasteiger partial charge in [0.15, 0.2) is 5.65 Å². The fraction of sp³-hybridized carbons (Fsp3) is 0.143. The molecule has 7 heteroatoms. The maximum atomic E-state index is 6.02. The number of ether oxygens (including phenoxy) is 1.